The number of primary amides is 1. The highest BCUT2D eigenvalue weighted by Gasteiger charge is 2.42. The van der Waals surface area contributed by atoms with Crippen LogP contribution in [0.2, 0.25) is 0 Å². The number of aromatic nitrogens is 1. The van der Waals surface area contributed by atoms with Gasteiger partial charge in [0.2, 0.25) is 94.5 Å². The molecule has 5 aromatic carbocycles. The number of aliphatic hydroxyl groups is 1. The monoisotopic (exact) mass is 2000 g/mol. The number of aliphatic carboxylic acids is 1. The third-order valence-electron chi connectivity index (χ3n) is 23.8. The van der Waals surface area contributed by atoms with Gasteiger partial charge in [-0.1, -0.05) is 171 Å². The highest BCUT2D eigenvalue weighted by atomic mass is 32.2. The number of nitrogens with zero attached hydrogens (tertiary/aromatic N) is 1. The van der Waals surface area contributed by atoms with Gasteiger partial charge in [-0.05, 0) is 147 Å². The molecule has 43 nitrogen and oxygen atoms in total. The van der Waals surface area contributed by atoms with E-state index in [2.05, 4.69) is 90.1 Å². The first-order chi connectivity index (χ1) is 67.7. The first-order valence-corrected chi connectivity index (χ1v) is 48.8. The van der Waals surface area contributed by atoms with Gasteiger partial charge in [0, 0.05) is 62.3 Å². The number of phenols is 1. The summed E-state index contributed by atoms with van der Waals surface area (Å²) in [5.74, 6) is -22.2. The Hall–Kier alpha value is -14.7. The molecule has 2 heterocycles. The predicted molar refractivity (Wildman–Crippen MR) is 536 cm³/mol. The van der Waals surface area contributed by atoms with Crippen LogP contribution in [-0.2, 0) is 107 Å². The number of likely N-dealkylation sites (N-methyl/N-ethyl adjacent to an activating group) is 1. The summed E-state index contributed by atoms with van der Waals surface area (Å²) in [7, 11) is 1.27. The number of aliphatic hydroxyl groups excluding tert-OH is 1. The predicted octanol–water partition coefficient (Wildman–Crippen LogP) is -0.126. The van der Waals surface area contributed by atoms with Gasteiger partial charge < -0.3 is 127 Å². The fourth-order valence-corrected chi connectivity index (χ4v) is 16.5. The van der Waals surface area contributed by atoms with Gasteiger partial charge in [0.1, 0.15) is 96.4 Å². The molecule has 143 heavy (non-hydrogen) atoms. The van der Waals surface area contributed by atoms with E-state index in [9.17, 15) is 63.3 Å². The minimum absolute atomic E-state index is 0.00572. The third-order valence-corrected chi connectivity index (χ3v) is 24.8. The largest absolute Gasteiger partial charge is 0.508 e. The van der Waals surface area contributed by atoms with Gasteiger partial charge in [0.25, 0.3) is 0 Å². The number of nitrogens with one attached hydrogen (secondary N) is 19. The minimum Gasteiger partial charge on any atom is -0.508 e. The van der Waals surface area contributed by atoms with E-state index in [0.29, 0.717) is 44.9 Å². The van der Waals surface area contributed by atoms with E-state index in [1.807, 2.05) is 30.3 Å². The maximum Gasteiger partial charge on any atom is 0.305 e. The molecule has 1 saturated heterocycles. The summed E-state index contributed by atoms with van der Waals surface area (Å²) >= 11 is 0.715. The Labute approximate surface area is 834 Å². The number of H-pyrrole nitrogens is 1. The maximum atomic E-state index is 15.5. The number of carboxylic acid groups (broad SMARTS) is 1. The van der Waals surface area contributed by atoms with Crippen LogP contribution in [0.25, 0.3) is 22.0 Å². The number of hydrogen-bond donors (Lipinski definition) is 25. The van der Waals surface area contributed by atoms with Crippen molar-refractivity contribution < 1.29 is 96.8 Å². The number of thioether (sulfide) groups is 1. The molecule has 6 aromatic rings. The lowest BCUT2D eigenvalue weighted by Gasteiger charge is -2.32. The smallest absolute Gasteiger partial charge is 0.305 e. The van der Waals surface area contributed by atoms with Crippen molar-refractivity contribution in [3.05, 3.63) is 162 Å². The molecule has 1 aliphatic rings. The van der Waals surface area contributed by atoms with Crippen LogP contribution in [0.5, 0.6) is 5.75 Å². The van der Waals surface area contributed by atoms with Gasteiger partial charge in [-0.2, -0.15) is 0 Å². The number of carboxylic acids is 1. The highest BCUT2D eigenvalue weighted by molar-refractivity contribution is 8.00. The van der Waals surface area contributed by atoms with E-state index < -0.39 is 239 Å². The normalized spacial score (nSPS) is 22.9. The summed E-state index contributed by atoms with van der Waals surface area (Å²) in [5.41, 5.74) is 20.9. The van der Waals surface area contributed by atoms with Crippen molar-refractivity contribution in [2.45, 2.75) is 250 Å². The number of benzene rings is 5. The number of phenolic OH excluding ortho intramolecular Hbond substituents is 1. The number of aromatic hydroxyl groups is 1. The lowest BCUT2D eigenvalue weighted by atomic mass is 9.98. The van der Waals surface area contributed by atoms with E-state index >= 15 is 33.6 Å². The lowest BCUT2D eigenvalue weighted by molar-refractivity contribution is -0.143. The quantitative estimate of drug-likeness (QED) is 0.0159. The van der Waals surface area contributed by atoms with Crippen molar-refractivity contribution in [3.63, 3.8) is 0 Å². The second-order valence-electron chi connectivity index (χ2n) is 37.2. The number of aryl methyl sites for hydroxylation is 1. The molecule has 0 saturated carbocycles. The average molecular weight is 2000 g/mol. The molecular weight excluding hydrogens is 1860 g/mol. The van der Waals surface area contributed by atoms with Crippen LogP contribution in [0.3, 0.4) is 0 Å². The Kier molecular flexibility index (Phi) is 45.7. The van der Waals surface area contributed by atoms with Gasteiger partial charge >= 0.3 is 5.97 Å². The van der Waals surface area contributed by atoms with Crippen molar-refractivity contribution in [2.24, 2.45) is 40.9 Å². The van der Waals surface area contributed by atoms with Crippen molar-refractivity contribution in [1.82, 2.24) is 95.0 Å². The van der Waals surface area contributed by atoms with E-state index in [4.69, 9.17) is 28.0 Å². The number of para-hydroxylation sites is 1. The van der Waals surface area contributed by atoms with Crippen LogP contribution in [0.1, 0.15) is 150 Å². The van der Waals surface area contributed by atoms with Crippen LogP contribution >= 0.6 is 11.8 Å². The Morgan fingerprint density at radius 1 is 0.455 bits per heavy atom. The number of hydrogen-bond acceptors (Lipinski definition) is 22. The second kappa shape index (κ2) is 56.7. The standard InChI is InChI=1S/C99H139N23O20S/c1-52(2)43-71-87(132)110-68(29-21-41-105-98(101)102)85(130)114-72(44-53(3)4)91(136)120-81(55(7)8)95(140)121-82(58(11)123)96(141)118-77(93(138)108-56(9)83(100)128)50-143-51-78(125)109-73(45-60-23-15-13-16-24-60)88(133)111-69(40-35-59-33-38-65(124)39-34-59)86(131)116-76(48-79(126)127)90(135)115-75(47-64-49-107-67-28-20-19-27-66(64)67)92(137)119-80(54(5)6)94(139)117-74(46-61-31-36-63(37-32-61)62-25-17-14-18-26-62)89(134)112-70(30-22-42-106-99(103)104)97(142)122(12)57(10)84(129)113-71/h13-20,23-28,31-34,36-39,49,52-58,68-77,80-82,107,123-124H,21-22,29-30,35,40-48,50-51H2,1-12H3,(H2,100,128)(H,108,138)(H,109,125)(H,110,132)(H,111,133)(H,112,134)(H,113,129)(H,114,130)(H,115,135)(H,116,131)(H,117,139)(H,118,141)(H,119,137)(H,120,136)(H,121,140)(H,126,127)(H4,101,102,105)(H4,103,104,106)/t56-,57-,58+,68-,69-,70-,71+,72-,73-,74-,75-,76-,77-,80-,81-,82-/m0/s1. The number of fused-ring (bicyclic) bond motifs is 1. The molecule has 0 radical (unpaired) electrons. The molecule has 28 N–H and O–H groups in total. The number of aromatic amines is 1. The Morgan fingerprint density at radius 3 is 1.41 bits per heavy atom. The number of amides is 16. The van der Waals surface area contributed by atoms with Crippen molar-refractivity contribution >= 4 is 135 Å². The summed E-state index contributed by atoms with van der Waals surface area (Å²) in [6.45, 7) is 16.9. The average Bonchev–Trinajstić information content (AvgIpc) is 1.58. The molecule has 7 rings (SSSR count). The summed E-state index contributed by atoms with van der Waals surface area (Å²) in [6, 6.07) is 13.0. The first-order valence-electron chi connectivity index (χ1n) is 47.6. The molecule has 1 aliphatic heterocycles. The highest BCUT2D eigenvalue weighted by Crippen LogP contribution is 2.25. The minimum atomic E-state index is -2.07. The molecule has 0 spiro atoms. The zero-order chi connectivity index (χ0) is 106. The Morgan fingerprint density at radius 2 is 0.867 bits per heavy atom. The zero-order valence-electron chi connectivity index (χ0n) is 82.5. The SMILES string of the molecule is CC(C)C[C@@H]1NC(=O)[C@H](CCCNC(=N)N)NC(=O)[C@@H](CC(C)C)NC(=O)[C@H](C)N(C)C(=O)[C@H](CCCNC(=N)N)NC(=O)[C@H](Cc2ccc(-c3ccccc3)cc2)NC(=O)[C@H](C(C)C)NC(=O)[C@H](Cc2c[nH]c3ccccc23)NC(=O)[C@H](CC(=O)O)NC(=O)[C@H](CCc2ccc(O)cc2)NC(=O)[C@H](Cc2ccccc2)NC(=O)CSC[C@@H](C(=O)N[C@@H](C)C(N)=O)NC(=O)[C@H]([C@@H](C)O)NC(=O)[C@H](C(C)C)NC1=O. The van der Waals surface area contributed by atoms with Gasteiger partial charge in [-0.3, -0.25) is 92.3 Å². The number of carbonyl (C=O) groups excluding carboxylic acids is 16. The summed E-state index contributed by atoms with van der Waals surface area (Å²) in [5, 5.41) is 90.6. The Balaban J connectivity index is 1.36. The fraction of sp³-hybridized carbons (Fsp3) is 0.485. The van der Waals surface area contributed by atoms with Gasteiger partial charge in [-0.25, -0.2) is 0 Å². The second-order valence-corrected chi connectivity index (χ2v) is 38.2. The van der Waals surface area contributed by atoms with E-state index in [1.54, 1.807) is 127 Å². The molecule has 16 amide bonds. The summed E-state index contributed by atoms with van der Waals surface area (Å²) < 4.78 is 0. The van der Waals surface area contributed by atoms with Crippen LogP contribution in [0.15, 0.2) is 140 Å². The lowest BCUT2D eigenvalue weighted by Crippen LogP contribution is -2.62. The maximum absolute atomic E-state index is 15.5. The fourth-order valence-electron chi connectivity index (χ4n) is 15.7. The first kappa shape index (κ1) is 115. The summed E-state index contributed by atoms with van der Waals surface area (Å²) in [6.07, 6.45) is -3.05. The molecule has 0 unspecified atom stereocenters. The van der Waals surface area contributed by atoms with E-state index in [-0.39, 0.29) is 101 Å². The molecule has 0 bridgehead atoms. The molecule has 1 fully saturated rings. The van der Waals surface area contributed by atoms with Crippen molar-refractivity contribution in [2.75, 3.05) is 31.6 Å². The van der Waals surface area contributed by atoms with Crippen LogP contribution in [-0.4, -0.2) is 266 Å². The molecular formula is C99H139N23O20S. The topological polar surface area (TPSA) is 688 Å². The third kappa shape index (κ3) is 37.7. The molecule has 16 atom stereocenters. The van der Waals surface area contributed by atoms with E-state index in [1.165, 1.54) is 59.0 Å². The number of nitrogens with two attached hydrogens (primary N) is 3. The zero-order valence-corrected chi connectivity index (χ0v) is 83.3. The molecule has 44 heteroatoms. The number of guanidine groups is 2. The van der Waals surface area contributed by atoms with Gasteiger partial charge in [-0.15, -0.1) is 11.8 Å². The van der Waals surface area contributed by atoms with Crippen molar-refractivity contribution in [3.8, 4) is 16.9 Å². The molecule has 1 aromatic heterocycles. The van der Waals surface area contributed by atoms with Gasteiger partial charge in [0.05, 0.1) is 18.3 Å². The Bertz CT molecular complexity index is 5400. The van der Waals surface area contributed by atoms with E-state index in [0.717, 1.165) is 23.0 Å². The number of rotatable bonds is 30. The van der Waals surface area contributed by atoms with Crippen LogP contribution in [0, 0.1) is 34.5 Å². The summed E-state index contributed by atoms with van der Waals surface area (Å²) in [4.78, 5) is 255. The van der Waals surface area contributed by atoms with Crippen LogP contribution < -0.4 is 102 Å². The number of carbonyl (C=O) groups is 17. The van der Waals surface area contributed by atoms with Crippen molar-refractivity contribution in [1.29, 1.82) is 10.8 Å². The van der Waals surface area contributed by atoms with Crippen LogP contribution in [0.4, 0.5) is 0 Å². The van der Waals surface area contributed by atoms with Gasteiger partial charge in [0.15, 0.2) is 11.9 Å². The molecule has 776 valence electrons. The molecule has 0 aliphatic carbocycles.